The summed E-state index contributed by atoms with van der Waals surface area (Å²) in [6.07, 6.45) is 0. The maximum absolute atomic E-state index is 13.8. The summed E-state index contributed by atoms with van der Waals surface area (Å²) in [7, 11) is 1.51. The summed E-state index contributed by atoms with van der Waals surface area (Å²) >= 11 is 0. The second kappa shape index (κ2) is 5.31. The lowest BCUT2D eigenvalue weighted by atomic mass is 10.1. The van der Waals surface area contributed by atoms with Crippen LogP contribution in [0.15, 0.2) is 48.5 Å². The lowest BCUT2D eigenvalue weighted by Gasteiger charge is -2.08. The first-order valence-corrected chi connectivity index (χ1v) is 5.54. The minimum atomic E-state index is -0.458. The van der Waals surface area contributed by atoms with Crippen LogP contribution in [0.25, 0.3) is 0 Å². The van der Waals surface area contributed by atoms with E-state index in [0.29, 0.717) is 11.3 Å². The molecule has 0 atom stereocenters. The fraction of sp³-hybridized carbons (Fsp3) is 0.0714. The molecule has 2 N–H and O–H groups in total. The summed E-state index contributed by atoms with van der Waals surface area (Å²) in [5, 5.41) is 5.40. The molecule has 0 aliphatic heterocycles. The minimum Gasteiger partial charge on any atom is -0.355 e. The predicted octanol–water partition coefficient (Wildman–Crippen LogP) is 2.93. The quantitative estimate of drug-likeness (QED) is 0.871. The van der Waals surface area contributed by atoms with Gasteiger partial charge in [0.2, 0.25) is 0 Å². The molecule has 0 aliphatic rings. The molecule has 0 spiro atoms. The molecule has 0 aliphatic carbocycles. The highest BCUT2D eigenvalue weighted by atomic mass is 19.1. The number of carbonyl (C=O) groups is 1. The first-order valence-electron chi connectivity index (χ1n) is 5.54. The van der Waals surface area contributed by atoms with Gasteiger partial charge in [-0.05, 0) is 30.3 Å². The smallest absolute Gasteiger partial charge is 0.251 e. The SMILES string of the molecule is CNC(=O)c1ccc(Nc2ccccc2)c(F)c1. The Labute approximate surface area is 105 Å². The molecular formula is C14H13FN2O. The van der Waals surface area contributed by atoms with Crippen LogP contribution >= 0.6 is 0 Å². The van der Waals surface area contributed by atoms with Gasteiger partial charge in [-0.1, -0.05) is 18.2 Å². The number of halogens is 1. The Morgan fingerprint density at radius 2 is 1.83 bits per heavy atom. The highest BCUT2D eigenvalue weighted by molar-refractivity contribution is 5.94. The van der Waals surface area contributed by atoms with Gasteiger partial charge in [-0.25, -0.2) is 4.39 Å². The van der Waals surface area contributed by atoms with E-state index in [1.165, 1.54) is 13.1 Å². The van der Waals surface area contributed by atoms with Crippen LogP contribution in [0.1, 0.15) is 10.4 Å². The van der Waals surface area contributed by atoms with Crippen molar-refractivity contribution in [3.05, 3.63) is 59.9 Å². The molecule has 3 nitrogen and oxygen atoms in total. The maximum atomic E-state index is 13.8. The molecule has 18 heavy (non-hydrogen) atoms. The summed E-state index contributed by atoms with van der Waals surface area (Å²) in [5.74, 6) is -0.764. The van der Waals surface area contributed by atoms with Gasteiger partial charge >= 0.3 is 0 Å². The highest BCUT2D eigenvalue weighted by Crippen LogP contribution is 2.20. The molecule has 2 aromatic carbocycles. The lowest BCUT2D eigenvalue weighted by Crippen LogP contribution is -2.17. The topological polar surface area (TPSA) is 41.1 Å². The highest BCUT2D eigenvalue weighted by Gasteiger charge is 2.08. The van der Waals surface area contributed by atoms with E-state index >= 15 is 0 Å². The predicted molar refractivity (Wildman–Crippen MR) is 69.5 cm³/mol. The number of nitrogens with one attached hydrogen (secondary N) is 2. The van der Waals surface area contributed by atoms with Gasteiger partial charge < -0.3 is 10.6 Å². The van der Waals surface area contributed by atoms with Crippen LogP contribution in [-0.2, 0) is 0 Å². The van der Waals surface area contributed by atoms with E-state index in [1.54, 1.807) is 12.1 Å². The normalized spacial score (nSPS) is 9.89. The lowest BCUT2D eigenvalue weighted by molar-refractivity contribution is 0.0962. The third-order valence-electron chi connectivity index (χ3n) is 2.51. The third kappa shape index (κ3) is 2.66. The molecule has 2 aromatic rings. The summed E-state index contributed by atoms with van der Waals surface area (Å²) in [6.45, 7) is 0. The Kier molecular flexibility index (Phi) is 3.57. The Morgan fingerprint density at radius 1 is 1.11 bits per heavy atom. The van der Waals surface area contributed by atoms with Crippen molar-refractivity contribution >= 4 is 17.3 Å². The monoisotopic (exact) mass is 244 g/mol. The second-order valence-corrected chi connectivity index (χ2v) is 3.76. The zero-order valence-electron chi connectivity index (χ0n) is 9.91. The van der Waals surface area contributed by atoms with Crippen molar-refractivity contribution in [2.45, 2.75) is 0 Å². The van der Waals surface area contributed by atoms with Gasteiger partial charge in [0.25, 0.3) is 5.91 Å². The van der Waals surface area contributed by atoms with Crippen molar-refractivity contribution in [3.8, 4) is 0 Å². The van der Waals surface area contributed by atoms with Gasteiger partial charge in [-0.15, -0.1) is 0 Å². The van der Waals surface area contributed by atoms with Crippen molar-refractivity contribution in [2.24, 2.45) is 0 Å². The first-order chi connectivity index (χ1) is 8.70. The van der Waals surface area contributed by atoms with Crippen molar-refractivity contribution in [3.63, 3.8) is 0 Å². The van der Waals surface area contributed by atoms with E-state index in [-0.39, 0.29) is 5.91 Å². The standard InChI is InChI=1S/C14H13FN2O/c1-16-14(18)10-7-8-13(12(15)9-10)17-11-5-3-2-4-6-11/h2-9,17H,1H3,(H,16,18). The first kappa shape index (κ1) is 12.1. The zero-order chi connectivity index (χ0) is 13.0. The van der Waals surface area contributed by atoms with E-state index in [0.717, 1.165) is 5.69 Å². The van der Waals surface area contributed by atoms with E-state index in [1.807, 2.05) is 30.3 Å². The van der Waals surface area contributed by atoms with E-state index < -0.39 is 5.82 Å². The van der Waals surface area contributed by atoms with Gasteiger partial charge in [0, 0.05) is 18.3 Å². The number of hydrogen-bond acceptors (Lipinski definition) is 2. The van der Waals surface area contributed by atoms with Crippen molar-refractivity contribution in [1.29, 1.82) is 0 Å². The van der Waals surface area contributed by atoms with Crippen LogP contribution in [0, 0.1) is 5.82 Å². The number of carbonyl (C=O) groups excluding carboxylic acids is 1. The van der Waals surface area contributed by atoms with Gasteiger partial charge in [-0.2, -0.15) is 0 Å². The maximum Gasteiger partial charge on any atom is 0.251 e. The van der Waals surface area contributed by atoms with E-state index in [9.17, 15) is 9.18 Å². The van der Waals surface area contributed by atoms with Crippen molar-refractivity contribution in [1.82, 2.24) is 5.32 Å². The average molecular weight is 244 g/mol. The molecule has 4 heteroatoms. The van der Waals surface area contributed by atoms with Gasteiger partial charge in [-0.3, -0.25) is 4.79 Å². The zero-order valence-corrected chi connectivity index (χ0v) is 9.91. The van der Waals surface area contributed by atoms with Gasteiger partial charge in [0.15, 0.2) is 0 Å². The fourth-order valence-electron chi connectivity index (χ4n) is 1.58. The molecule has 2 rings (SSSR count). The number of rotatable bonds is 3. The molecule has 0 aromatic heterocycles. The number of amides is 1. The Hall–Kier alpha value is -2.36. The van der Waals surface area contributed by atoms with Crippen LogP contribution < -0.4 is 10.6 Å². The largest absolute Gasteiger partial charge is 0.355 e. The number of para-hydroxylation sites is 1. The Balaban J connectivity index is 2.23. The molecule has 0 heterocycles. The Bertz CT molecular complexity index is 555. The van der Waals surface area contributed by atoms with Gasteiger partial charge in [0.1, 0.15) is 5.82 Å². The molecule has 0 saturated carbocycles. The van der Waals surface area contributed by atoms with Crippen molar-refractivity contribution in [2.75, 3.05) is 12.4 Å². The summed E-state index contributed by atoms with van der Waals surface area (Å²) in [5.41, 5.74) is 1.44. The van der Waals surface area contributed by atoms with Crippen LogP contribution in [-0.4, -0.2) is 13.0 Å². The molecule has 0 fully saturated rings. The number of hydrogen-bond donors (Lipinski definition) is 2. The molecule has 0 radical (unpaired) electrons. The molecule has 92 valence electrons. The van der Waals surface area contributed by atoms with E-state index in [4.69, 9.17) is 0 Å². The van der Waals surface area contributed by atoms with E-state index in [2.05, 4.69) is 10.6 Å². The van der Waals surface area contributed by atoms with Crippen LogP contribution in [0.5, 0.6) is 0 Å². The molecular weight excluding hydrogens is 231 g/mol. The number of anilines is 2. The minimum absolute atomic E-state index is 0.300. The summed E-state index contributed by atoms with van der Waals surface area (Å²) in [4.78, 5) is 11.3. The van der Waals surface area contributed by atoms with Crippen LogP contribution in [0.2, 0.25) is 0 Å². The molecule has 0 saturated heterocycles. The second-order valence-electron chi connectivity index (χ2n) is 3.76. The number of benzene rings is 2. The summed E-state index contributed by atoms with van der Waals surface area (Å²) in [6, 6.07) is 13.6. The summed E-state index contributed by atoms with van der Waals surface area (Å²) < 4.78 is 13.8. The molecule has 0 bridgehead atoms. The third-order valence-corrected chi connectivity index (χ3v) is 2.51. The fourth-order valence-corrected chi connectivity index (χ4v) is 1.58. The van der Waals surface area contributed by atoms with Gasteiger partial charge in [0.05, 0.1) is 5.69 Å². The molecule has 0 unspecified atom stereocenters. The Morgan fingerprint density at radius 3 is 2.44 bits per heavy atom. The van der Waals surface area contributed by atoms with Crippen molar-refractivity contribution < 1.29 is 9.18 Å². The average Bonchev–Trinajstić information content (AvgIpc) is 2.41. The molecule has 1 amide bonds. The van der Waals surface area contributed by atoms with Crippen LogP contribution in [0.3, 0.4) is 0 Å². The van der Waals surface area contributed by atoms with Crippen LogP contribution in [0.4, 0.5) is 15.8 Å².